The van der Waals surface area contributed by atoms with Crippen LogP contribution in [-0.4, -0.2) is 18.7 Å². The zero-order valence-electron chi connectivity index (χ0n) is 7.90. The number of aromatic nitrogens is 1. The number of hydrogen-bond acceptors (Lipinski definition) is 3. The first-order valence-electron chi connectivity index (χ1n) is 3.85. The molecular weight excluding hydrogens is 166 g/mol. The van der Waals surface area contributed by atoms with Crippen molar-refractivity contribution in [3.63, 3.8) is 0 Å². The largest absolute Gasteiger partial charge is 0.376 e. The Bertz CT molecular complexity index is 412. The van der Waals surface area contributed by atoms with Gasteiger partial charge in [0.2, 0.25) is 0 Å². The molecular formula is C9H11N3O. The molecule has 0 aliphatic carbocycles. The maximum Gasteiger partial charge on any atom is 0.270 e. The summed E-state index contributed by atoms with van der Waals surface area (Å²) in [5.41, 5.74) is 0.592. The Morgan fingerprint density at radius 1 is 1.54 bits per heavy atom. The lowest BCUT2D eigenvalue weighted by Gasteiger charge is -2.13. The van der Waals surface area contributed by atoms with E-state index in [9.17, 15) is 4.79 Å². The second-order valence-corrected chi connectivity index (χ2v) is 3.00. The van der Waals surface area contributed by atoms with E-state index in [1.807, 2.05) is 6.07 Å². The summed E-state index contributed by atoms with van der Waals surface area (Å²) in [6.07, 6.45) is 1.65. The van der Waals surface area contributed by atoms with Gasteiger partial charge in [0.25, 0.3) is 5.56 Å². The Morgan fingerprint density at radius 3 is 2.62 bits per heavy atom. The fourth-order valence-electron chi connectivity index (χ4n) is 1.10. The molecule has 0 aliphatic heterocycles. The van der Waals surface area contributed by atoms with E-state index in [0.717, 1.165) is 0 Å². The van der Waals surface area contributed by atoms with Crippen LogP contribution in [0.1, 0.15) is 5.56 Å². The predicted octanol–water partition coefficient (Wildman–Crippen LogP) is 0.323. The van der Waals surface area contributed by atoms with Crippen molar-refractivity contribution in [2.24, 2.45) is 7.05 Å². The van der Waals surface area contributed by atoms with Crippen LogP contribution in [0.15, 0.2) is 17.1 Å². The molecule has 0 atom stereocenters. The first-order valence-corrected chi connectivity index (χ1v) is 3.85. The third-order valence-electron chi connectivity index (χ3n) is 1.84. The molecule has 0 amide bonds. The highest BCUT2D eigenvalue weighted by Crippen LogP contribution is 2.12. The molecule has 1 aromatic heterocycles. The van der Waals surface area contributed by atoms with Gasteiger partial charge >= 0.3 is 0 Å². The highest BCUT2D eigenvalue weighted by molar-refractivity contribution is 5.56. The van der Waals surface area contributed by atoms with Crippen molar-refractivity contribution in [1.29, 1.82) is 5.26 Å². The summed E-state index contributed by atoms with van der Waals surface area (Å²) in [6.45, 7) is 0. The van der Waals surface area contributed by atoms with Crippen molar-refractivity contribution < 1.29 is 0 Å². The Labute approximate surface area is 76.6 Å². The number of hydrogen-bond donors (Lipinski definition) is 0. The minimum absolute atomic E-state index is 0.190. The lowest BCUT2D eigenvalue weighted by Crippen LogP contribution is -2.23. The number of pyridine rings is 1. The molecule has 0 unspecified atom stereocenters. The molecule has 0 bridgehead atoms. The van der Waals surface area contributed by atoms with Crippen LogP contribution in [0.4, 0.5) is 5.69 Å². The highest BCUT2D eigenvalue weighted by atomic mass is 16.1. The van der Waals surface area contributed by atoms with Gasteiger partial charge in [-0.05, 0) is 6.07 Å². The lowest BCUT2D eigenvalue weighted by molar-refractivity contribution is 0.852. The molecule has 68 valence electrons. The number of nitrogens with zero attached hydrogens (tertiary/aromatic N) is 3. The highest BCUT2D eigenvalue weighted by Gasteiger charge is 2.08. The molecule has 13 heavy (non-hydrogen) atoms. The molecule has 0 fully saturated rings. The first-order chi connectivity index (χ1) is 6.07. The SMILES string of the molecule is CN(C)c1ccn(C)c(=O)c1C#N. The van der Waals surface area contributed by atoms with Crippen molar-refractivity contribution in [2.45, 2.75) is 0 Å². The summed E-state index contributed by atoms with van der Waals surface area (Å²) < 4.78 is 1.39. The van der Waals surface area contributed by atoms with Crippen LogP contribution in [0.2, 0.25) is 0 Å². The summed E-state index contributed by atoms with van der Waals surface area (Å²) in [6, 6.07) is 3.66. The third-order valence-corrected chi connectivity index (χ3v) is 1.84. The van der Waals surface area contributed by atoms with Crippen molar-refractivity contribution in [1.82, 2.24) is 4.57 Å². The Kier molecular flexibility index (Phi) is 2.38. The average Bonchev–Trinajstić information content (AvgIpc) is 2.09. The molecule has 4 nitrogen and oxygen atoms in total. The van der Waals surface area contributed by atoms with Crippen LogP contribution >= 0.6 is 0 Å². The van der Waals surface area contributed by atoms with Gasteiger partial charge in [-0.1, -0.05) is 0 Å². The van der Waals surface area contributed by atoms with Crippen LogP contribution in [0.5, 0.6) is 0 Å². The molecule has 0 saturated carbocycles. The van der Waals surface area contributed by atoms with Gasteiger partial charge in [0.1, 0.15) is 11.6 Å². The van der Waals surface area contributed by atoms with Gasteiger partial charge in [0, 0.05) is 27.3 Å². The summed E-state index contributed by atoms with van der Waals surface area (Å²) in [5, 5.41) is 8.78. The van der Waals surface area contributed by atoms with E-state index < -0.39 is 0 Å². The standard InChI is InChI=1S/C9H11N3O/c1-11(2)8-4-5-12(3)9(13)7(8)6-10/h4-5H,1-3H3. The number of anilines is 1. The van der Waals surface area contributed by atoms with E-state index in [0.29, 0.717) is 5.69 Å². The topological polar surface area (TPSA) is 49.0 Å². The zero-order valence-corrected chi connectivity index (χ0v) is 7.90. The lowest BCUT2D eigenvalue weighted by atomic mass is 10.2. The van der Waals surface area contributed by atoms with E-state index in [1.54, 1.807) is 38.3 Å². The quantitative estimate of drug-likeness (QED) is 0.620. The van der Waals surface area contributed by atoms with E-state index in [-0.39, 0.29) is 11.1 Å². The number of aryl methyl sites for hydroxylation is 1. The summed E-state index contributed by atoms with van der Waals surface area (Å²) in [5.74, 6) is 0. The van der Waals surface area contributed by atoms with Crippen LogP contribution in [-0.2, 0) is 7.05 Å². The van der Waals surface area contributed by atoms with Gasteiger partial charge in [-0.3, -0.25) is 4.79 Å². The van der Waals surface area contributed by atoms with Crippen LogP contribution in [0, 0.1) is 11.3 Å². The van der Waals surface area contributed by atoms with Gasteiger partial charge in [0.15, 0.2) is 0 Å². The van der Waals surface area contributed by atoms with Crippen molar-refractivity contribution in [3.05, 3.63) is 28.2 Å². The minimum Gasteiger partial charge on any atom is -0.376 e. The van der Waals surface area contributed by atoms with E-state index in [1.165, 1.54) is 4.57 Å². The summed E-state index contributed by atoms with van der Waals surface area (Å²) >= 11 is 0. The fourth-order valence-corrected chi connectivity index (χ4v) is 1.10. The second-order valence-electron chi connectivity index (χ2n) is 3.00. The van der Waals surface area contributed by atoms with Gasteiger partial charge in [-0.15, -0.1) is 0 Å². The molecule has 4 heteroatoms. The monoisotopic (exact) mass is 177 g/mol. The summed E-state index contributed by atoms with van der Waals surface area (Å²) in [7, 11) is 5.23. The molecule has 1 rings (SSSR count). The van der Waals surface area contributed by atoms with E-state index in [2.05, 4.69) is 0 Å². The number of rotatable bonds is 1. The van der Waals surface area contributed by atoms with Crippen molar-refractivity contribution in [2.75, 3.05) is 19.0 Å². The molecule has 0 aliphatic rings. The molecule has 0 radical (unpaired) electrons. The predicted molar refractivity (Wildman–Crippen MR) is 50.7 cm³/mol. The second kappa shape index (κ2) is 3.31. The minimum atomic E-state index is -0.256. The van der Waals surface area contributed by atoms with Gasteiger partial charge in [-0.25, -0.2) is 0 Å². The Morgan fingerprint density at radius 2 is 2.15 bits per heavy atom. The average molecular weight is 177 g/mol. The smallest absolute Gasteiger partial charge is 0.270 e. The molecule has 1 aromatic rings. The third kappa shape index (κ3) is 1.54. The normalized spacial score (nSPS) is 9.38. The number of nitriles is 1. The molecule has 0 saturated heterocycles. The van der Waals surface area contributed by atoms with Crippen LogP contribution in [0.3, 0.4) is 0 Å². The maximum atomic E-state index is 11.4. The van der Waals surface area contributed by atoms with E-state index in [4.69, 9.17) is 5.26 Å². The molecule has 0 spiro atoms. The zero-order chi connectivity index (χ0) is 10.0. The van der Waals surface area contributed by atoms with Gasteiger partial charge in [0.05, 0.1) is 5.69 Å². The van der Waals surface area contributed by atoms with Crippen LogP contribution < -0.4 is 10.5 Å². The van der Waals surface area contributed by atoms with E-state index >= 15 is 0 Å². The molecule has 0 N–H and O–H groups in total. The van der Waals surface area contributed by atoms with Crippen molar-refractivity contribution in [3.8, 4) is 6.07 Å². The molecule has 1 heterocycles. The van der Waals surface area contributed by atoms with Gasteiger partial charge < -0.3 is 9.47 Å². The molecule has 0 aromatic carbocycles. The Balaban J connectivity index is 3.51. The first kappa shape index (κ1) is 9.33. The van der Waals surface area contributed by atoms with Crippen molar-refractivity contribution >= 4 is 5.69 Å². The fraction of sp³-hybridized carbons (Fsp3) is 0.333. The van der Waals surface area contributed by atoms with Crippen LogP contribution in [0.25, 0.3) is 0 Å². The van der Waals surface area contributed by atoms with Gasteiger partial charge in [-0.2, -0.15) is 5.26 Å². The maximum absolute atomic E-state index is 11.4. The Hall–Kier alpha value is -1.76. The summed E-state index contributed by atoms with van der Waals surface area (Å²) in [4.78, 5) is 13.2.